The van der Waals surface area contributed by atoms with E-state index in [9.17, 15) is 13.2 Å². The van der Waals surface area contributed by atoms with Crippen molar-refractivity contribution in [1.82, 2.24) is 4.72 Å². The minimum atomic E-state index is -4.08. The summed E-state index contributed by atoms with van der Waals surface area (Å²) in [6.07, 6.45) is 0. The first-order valence-corrected chi connectivity index (χ1v) is 9.73. The monoisotopic (exact) mass is 377 g/mol. The number of furan rings is 1. The van der Waals surface area contributed by atoms with Crippen molar-refractivity contribution < 1.29 is 17.6 Å². The Morgan fingerprint density at radius 2 is 1.48 bits per heavy atom. The maximum atomic E-state index is 12.9. The van der Waals surface area contributed by atoms with Crippen LogP contribution in [0.1, 0.15) is 10.6 Å². The summed E-state index contributed by atoms with van der Waals surface area (Å²) in [5.41, 5.74) is 1.78. The van der Waals surface area contributed by atoms with Gasteiger partial charge in [0.05, 0.1) is 4.90 Å². The molecule has 1 heterocycles. The Labute approximate surface area is 156 Å². The number of para-hydroxylation sites is 1. The normalized spacial score (nSPS) is 11.4. The predicted octanol–water partition coefficient (Wildman–Crippen LogP) is 4.22. The molecule has 1 amide bonds. The third-order valence-electron chi connectivity index (χ3n) is 4.14. The Morgan fingerprint density at radius 3 is 2.26 bits per heavy atom. The summed E-state index contributed by atoms with van der Waals surface area (Å²) in [6.45, 7) is 0. The average molecular weight is 377 g/mol. The van der Waals surface area contributed by atoms with Crippen molar-refractivity contribution in [3.05, 3.63) is 90.7 Å². The van der Waals surface area contributed by atoms with Crippen molar-refractivity contribution in [2.45, 2.75) is 4.90 Å². The zero-order chi connectivity index (χ0) is 18.9. The van der Waals surface area contributed by atoms with Crippen LogP contribution in [-0.4, -0.2) is 14.3 Å². The number of rotatable bonds is 4. The SMILES string of the molecule is O=C(NS(=O)(=O)c1ccccc1-c1ccccc1)c1cc2ccccc2o1. The van der Waals surface area contributed by atoms with Crippen molar-refractivity contribution in [3.8, 4) is 11.1 Å². The van der Waals surface area contributed by atoms with Crippen LogP contribution in [0, 0.1) is 0 Å². The first-order chi connectivity index (χ1) is 13.0. The van der Waals surface area contributed by atoms with Gasteiger partial charge in [0.1, 0.15) is 5.58 Å². The molecule has 0 unspecified atom stereocenters. The fourth-order valence-electron chi connectivity index (χ4n) is 2.88. The molecule has 0 spiro atoms. The lowest BCUT2D eigenvalue weighted by Crippen LogP contribution is -2.30. The molecule has 6 heteroatoms. The summed E-state index contributed by atoms with van der Waals surface area (Å²) in [4.78, 5) is 12.5. The molecule has 3 aromatic carbocycles. The molecule has 0 atom stereocenters. The van der Waals surface area contributed by atoms with Gasteiger partial charge >= 0.3 is 5.91 Å². The Balaban J connectivity index is 1.69. The minimum Gasteiger partial charge on any atom is -0.451 e. The molecule has 0 aliphatic rings. The lowest BCUT2D eigenvalue weighted by atomic mass is 10.1. The molecule has 0 bridgehead atoms. The highest BCUT2D eigenvalue weighted by Crippen LogP contribution is 2.27. The Bertz CT molecular complexity index is 1190. The topological polar surface area (TPSA) is 76.4 Å². The molecule has 0 fully saturated rings. The lowest BCUT2D eigenvalue weighted by Gasteiger charge is -2.11. The van der Waals surface area contributed by atoms with Gasteiger partial charge in [0.15, 0.2) is 5.76 Å². The van der Waals surface area contributed by atoms with Crippen LogP contribution in [0.3, 0.4) is 0 Å². The summed E-state index contributed by atoms with van der Waals surface area (Å²) in [5, 5.41) is 0.727. The molecule has 4 rings (SSSR count). The highest BCUT2D eigenvalue weighted by Gasteiger charge is 2.24. The predicted molar refractivity (Wildman–Crippen MR) is 103 cm³/mol. The second kappa shape index (κ2) is 6.74. The van der Waals surface area contributed by atoms with Crippen LogP contribution in [0.15, 0.2) is 94.2 Å². The van der Waals surface area contributed by atoms with Gasteiger partial charge in [-0.25, -0.2) is 13.1 Å². The van der Waals surface area contributed by atoms with Crippen LogP contribution >= 0.6 is 0 Å². The van der Waals surface area contributed by atoms with Gasteiger partial charge < -0.3 is 4.42 Å². The number of hydrogen-bond acceptors (Lipinski definition) is 4. The van der Waals surface area contributed by atoms with Gasteiger partial charge in [-0.1, -0.05) is 66.7 Å². The van der Waals surface area contributed by atoms with Crippen molar-refractivity contribution in [1.29, 1.82) is 0 Å². The Hall–Kier alpha value is -3.38. The second-order valence-corrected chi connectivity index (χ2v) is 7.60. The molecule has 0 aliphatic heterocycles. The molecule has 5 nitrogen and oxygen atoms in total. The van der Waals surface area contributed by atoms with Gasteiger partial charge in [-0.3, -0.25) is 4.79 Å². The molecule has 1 N–H and O–H groups in total. The molecular formula is C21H15NO4S. The minimum absolute atomic E-state index is 0.0284. The quantitative estimate of drug-likeness (QED) is 0.578. The summed E-state index contributed by atoms with van der Waals surface area (Å²) in [7, 11) is -4.08. The number of amides is 1. The highest BCUT2D eigenvalue weighted by atomic mass is 32.2. The number of fused-ring (bicyclic) bond motifs is 1. The van der Waals surface area contributed by atoms with E-state index < -0.39 is 15.9 Å². The van der Waals surface area contributed by atoms with Crippen LogP contribution in [0.2, 0.25) is 0 Å². The van der Waals surface area contributed by atoms with Crippen molar-refractivity contribution in [3.63, 3.8) is 0 Å². The van der Waals surface area contributed by atoms with Crippen molar-refractivity contribution in [2.75, 3.05) is 0 Å². The van der Waals surface area contributed by atoms with Crippen LogP contribution in [-0.2, 0) is 10.0 Å². The molecule has 4 aromatic rings. The molecule has 134 valence electrons. The van der Waals surface area contributed by atoms with Crippen LogP contribution in [0.25, 0.3) is 22.1 Å². The Morgan fingerprint density at radius 1 is 0.815 bits per heavy atom. The van der Waals surface area contributed by atoms with Gasteiger partial charge in [0.2, 0.25) is 0 Å². The van der Waals surface area contributed by atoms with E-state index in [-0.39, 0.29) is 10.7 Å². The molecule has 27 heavy (non-hydrogen) atoms. The van der Waals surface area contributed by atoms with Crippen LogP contribution in [0.4, 0.5) is 0 Å². The van der Waals surface area contributed by atoms with Crippen molar-refractivity contribution in [2.24, 2.45) is 0 Å². The summed E-state index contributed by atoms with van der Waals surface area (Å²) < 4.78 is 33.3. The molecule has 0 saturated heterocycles. The Kier molecular flexibility index (Phi) is 4.25. The smallest absolute Gasteiger partial charge is 0.300 e. The molecule has 0 radical (unpaired) electrons. The fraction of sp³-hybridized carbons (Fsp3) is 0. The second-order valence-electron chi connectivity index (χ2n) is 5.95. The highest BCUT2D eigenvalue weighted by molar-refractivity contribution is 7.90. The first-order valence-electron chi connectivity index (χ1n) is 8.25. The number of sulfonamides is 1. The van der Waals surface area contributed by atoms with E-state index in [1.165, 1.54) is 12.1 Å². The van der Waals surface area contributed by atoms with E-state index in [4.69, 9.17) is 4.42 Å². The van der Waals surface area contributed by atoms with E-state index in [2.05, 4.69) is 4.72 Å². The van der Waals surface area contributed by atoms with E-state index in [1.54, 1.807) is 36.4 Å². The van der Waals surface area contributed by atoms with Gasteiger partial charge in [-0.2, -0.15) is 0 Å². The fourth-order valence-corrected chi connectivity index (χ4v) is 4.07. The van der Waals surface area contributed by atoms with Gasteiger partial charge in [-0.15, -0.1) is 0 Å². The zero-order valence-corrected chi connectivity index (χ0v) is 14.9. The lowest BCUT2D eigenvalue weighted by molar-refractivity contribution is 0.0956. The van der Waals surface area contributed by atoms with Crippen LogP contribution < -0.4 is 4.72 Å². The van der Waals surface area contributed by atoms with Gasteiger partial charge in [0, 0.05) is 10.9 Å². The number of hydrogen-bond donors (Lipinski definition) is 1. The largest absolute Gasteiger partial charge is 0.451 e. The summed E-state index contributed by atoms with van der Waals surface area (Å²) >= 11 is 0. The summed E-state index contributed by atoms with van der Waals surface area (Å²) in [6, 6.07) is 24.3. The van der Waals surface area contributed by atoms with E-state index in [0.29, 0.717) is 11.1 Å². The molecule has 0 saturated carbocycles. The van der Waals surface area contributed by atoms with Crippen molar-refractivity contribution >= 4 is 26.9 Å². The van der Waals surface area contributed by atoms with E-state index in [0.717, 1.165) is 10.9 Å². The zero-order valence-electron chi connectivity index (χ0n) is 14.1. The average Bonchev–Trinajstić information content (AvgIpc) is 3.13. The van der Waals surface area contributed by atoms with Gasteiger partial charge in [-0.05, 0) is 23.8 Å². The van der Waals surface area contributed by atoms with E-state index >= 15 is 0 Å². The third-order valence-corrected chi connectivity index (χ3v) is 5.53. The third kappa shape index (κ3) is 3.35. The standard InChI is InChI=1S/C21H15NO4S/c23-21(19-14-16-10-4-6-12-18(16)26-19)22-27(24,25)20-13-7-5-11-17(20)15-8-2-1-3-9-15/h1-14H,(H,22,23). The molecular weight excluding hydrogens is 362 g/mol. The first kappa shape index (κ1) is 17.1. The maximum absolute atomic E-state index is 12.9. The van der Waals surface area contributed by atoms with Gasteiger partial charge in [0.25, 0.3) is 10.0 Å². The number of benzene rings is 3. The number of carbonyl (C=O) groups is 1. The van der Waals surface area contributed by atoms with E-state index in [1.807, 2.05) is 36.4 Å². The number of carbonyl (C=O) groups excluding carboxylic acids is 1. The number of nitrogens with one attached hydrogen (secondary N) is 1. The van der Waals surface area contributed by atoms with Crippen LogP contribution in [0.5, 0.6) is 0 Å². The maximum Gasteiger partial charge on any atom is 0.300 e. The summed E-state index contributed by atoms with van der Waals surface area (Å²) in [5.74, 6) is -0.869. The molecule has 0 aliphatic carbocycles. The molecule has 1 aromatic heterocycles.